The lowest BCUT2D eigenvalue weighted by Gasteiger charge is -2.20. The van der Waals surface area contributed by atoms with Gasteiger partial charge in [-0.15, -0.1) is 0 Å². The van der Waals surface area contributed by atoms with Gasteiger partial charge in [0, 0.05) is 12.1 Å². The highest BCUT2D eigenvalue weighted by Gasteiger charge is 2.21. The van der Waals surface area contributed by atoms with Gasteiger partial charge in [0.1, 0.15) is 19.0 Å². The molecule has 3 rings (SSSR count). The molecular weight excluding hydrogens is 345 g/mol. The van der Waals surface area contributed by atoms with Crippen molar-refractivity contribution in [3.63, 3.8) is 0 Å². The van der Waals surface area contributed by atoms with Gasteiger partial charge in [-0.25, -0.2) is 12.8 Å². The second kappa shape index (κ2) is 5.90. The molecule has 122 valence electrons. The molecule has 0 saturated carbocycles. The average molecular weight is 358 g/mol. The van der Waals surface area contributed by atoms with E-state index in [1.165, 1.54) is 25.1 Å². The summed E-state index contributed by atoms with van der Waals surface area (Å²) in [4.78, 5) is -0.0233. The summed E-state index contributed by atoms with van der Waals surface area (Å²) in [6.45, 7) is 2.30. The third-order valence-corrected chi connectivity index (χ3v) is 5.14. The van der Waals surface area contributed by atoms with Gasteiger partial charge in [0.05, 0.1) is 15.6 Å². The van der Waals surface area contributed by atoms with Crippen LogP contribution in [0.2, 0.25) is 5.02 Å². The lowest BCUT2D eigenvalue weighted by atomic mass is 10.2. The Morgan fingerprint density at radius 3 is 2.43 bits per heavy atom. The van der Waals surface area contributed by atoms with Crippen LogP contribution in [0.25, 0.3) is 0 Å². The van der Waals surface area contributed by atoms with E-state index in [1.54, 1.807) is 0 Å². The quantitative estimate of drug-likeness (QED) is 0.914. The maximum Gasteiger partial charge on any atom is 0.262 e. The molecule has 8 heteroatoms. The summed E-state index contributed by atoms with van der Waals surface area (Å²) in [7, 11) is -3.91. The van der Waals surface area contributed by atoms with Crippen molar-refractivity contribution in [1.82, 2.24) is 0 Å². The highest BCUT2D eigenvalue weighted by atomic mass is 35.5. The number of rotatable bonds is 3. The normalized spacial score (nSPS) is 13.7. The summed E-state index contributed by atoms with van der Waals surface area (Å²) < 4.78 is 51.3. The van der Waals surface area contributed by atoms with E-state index in [0.717, 1.165) is 12.1 Å². The van der Waals surface area contributed by atoms with Gasteiger partial charge >= 0.3 is 0 Å². The van der Waals surface area contributed by atoms with Crippen LogP contribution in [0.1, 0.15) is 5.56 Å². The maximum absolute atomic E-state index is 13.1. The maximum atomic E-state index is 13.1. The number of fused-ring (bicyclic) bond motifs is 1. The van der Waals surface area contributed by atoms with Gasteiger partial charge in [0.15, 0.2) is 11.5 Å². The molecule has 0 atom stereocenters. The van der Waals surface area contributed by atoms with Crippen molar-refractivity contribution in [3.05, 3.63) is 46.7 Å². The molecule has 0 radical (unpaired) electrons. The first-order valence-corrected chi connectivity index (χ1v) is 8.61. The number of hydrogen-bond donors (Lipinski definition) is 1. The number of benzene rings is 2. The van der Waals surface area contributed by atoms with Crippen molar-refractivity contribution in [3.8, 4) is 11.5 Å². The third kappa shape index (κ3) is 3.20. The Morgan fingerprint density at radius 1 is 1.13 bits per heavy atom. The molecule has 23 heavy (non-hydrogen) atoms. The van der Waals surface area contributed by atoms with Gasteiger partial charge < -0.3 is 9.47 Å². The number of hydrogen-bond acceptors (Lipinski definition) is 4. The average Bonchev–Trinajstić information content (AvgIpc) is 2.47. The van der Waals surface area contributed by atoms with Crippen LogP contribution >= 0.6 is 11.6 Å². The molecule has 1 aliphatic heterocycles. The summed E-state index contributed by atoms with van der Waals surface area (Å²) in [5.41, 5.74) is 0.464. The predicted octanol–water partition coefficient (Wildman–Crippen LogP) is 3.36. The third-order valence-electron chi connectivity index (χ3n) is 3.30. The van der Waals surface area contributed by atoms with Crippen molar-refractivity contribution in [1.29, 1.82) is 0 Å². The molecule has 1 N–H and O–H groups in total. The van der Waals surface area contributed by atoms with Gasteiger partial charge in [-0.2, -0.15) is 0 Å². The molecule has 1 heterocycles. The Labute approximate surface area is 138 Å². The lowest BCUT2D eigenvalue weighted by molar-refractivity contribution is 0.171. The SMILES string of the molecule is Cc1cc(F)ccc1S(=O)(=O)Nc1cc2c(cc1Cl)OCCO2. The Morgan fingerprint density at radius 2 is 1.78 bits per heavy atom. The number of halogens is 2. The van der Waals surface area contributed by atoms with Crippen LogP contribution in [0.15, 0.2) is 35.2 Å². The molecule has 2 aromatic carbocycles. The largest absolute Gasteiger partial charge is 0.486 e. The van der Waals surface area contributed by atoms with Crippen LogP contribution in [0, 0.1) is 12.7 Å². The fourth-order valence-electron chi connectivity index (χ4n) is 2.26. The van der Waals surface area contributed by atoms with Crippen molar-refractivity contribution in [2.45, 2.75) is 11.8 Å². The summed E-state index contributed by atoms with van der Waals surface area (Å²) in [5.74, 6) is 0.371. The van der Waals surface area contributed by atoms with E-state index in [4.69, 9.17) is 21.1 Å². The zero-order valence-corrected chi connectivity index (χ0v) is 13.7. The zero-order chi connectivity index (χ0) is 16.6. The molecule has 0 saturated heterocycles. The first-order chi connectivity index (χ1) is 10.9. The smallest absolute Gasteiger partial charge is 0.262 e. The molecule has 0 aromatic heterocycles. The van der Waals surface area contributed by atoms with Crippen LogP contribution in [-0.4, -0.2) is 21.6 Å². The van der Waals surface area contributed by atoms with Crippen LogP contribution in [0.4, 0.5) is 10.1 Å². The number of ether oxygens (including phenoxy) is 2. The Hall–Kier alpha value is -1.99. The lowest BCUT2D eigenvalue weighted by Crippen LogP contribution is -2.17. The van der Waals surface area contributed by atoms with E-state index in [0.29, 0.717) is 30.3 Å². The topological polar surface area (TPSA) is 64.6 Å². The second-order valence-electron chi connectivity index (χ2n) is 4.99. The Balaban J connectivity index is 1.97. The van der Waals surface area contributed by atoms with E-state index in [1.807, 2.05) is 0 Å². The van der Waals surface area contributed by atoms with E-state index in [9.17, 15) is 12.8 Å². The molecule has 0 amide bonds. The molecule has 1 aliphatic rings. The summed E-state index contributed by atoms with van der Waals surface area (Å²) in [6, 6.07) is 6.41. The molecule has 5 nitrogen and oxygen atoms in total. The molecule has 0 unspecified atom stereocenters. The molecule has 0 fully saturated rings. The van der Waals surface area contributed by atoms with Gasteiger partial charge in [-0.3, -0.25) is 4.72 Å². The van der Waals surface area contributed by atoms with Crippen molar-refractivity contribution in [2.24, 2.45) is 0 Å². The minimum Gasteiger partial charge on any atom is -0.486 e. The summed E-state index contributed by atoms with van der Waals surface area (Å²) >= 11 is 6.10. The molecular formula is C15H13ClFNO4S. The Kier molecular flexibility index (Phi) is 4.08. The second-order valence-corrected chi connectivity index (χ2v) is 7.05. The van der Waals surface area contributed by atoms with Gasteiger partial charge in [-0.1, -0.05) is 11.6 Å². The minimum absolute atomic E-state index is 0.0233. The highest BCUT2D eigenvalue weighted by Crippen LogP contribution is 2.38. The number of anilines is 1. The molecule has 0 aliphatic carbocycles. The van der Waals surface area contributed by atoms with Gasteiger partial charge in [0.2, 0.25) is 0 Å². The summed E-state index contributed by atoms with van der Waals surface area (Å²) in [5, 5.41) is 0.178. The van der Waals surface area contributed by atoms with Crippen LogP contribution < -0.4 is 14.2 Å². The highest BCUT2D eigenvalue weighted by molar-refractivity contribution is 7.92. The van der Waals surface area contributed by atoms with Gasteiger partial charge in [0.25, 0.3) is 10.0 Å². The van der Waals surface area contributed by atoms with E-state index in [-0.39, 0.29) is 15.6 Å². The van der Waals surface area contributed by atoms with Crippen LogP contribution in [0.5, 0.6) is 11.5 Å². The number of sulfonamides is 1. The molecule has 0 bridgehead atoms. The van der Waals surface area contributed by atoms with Crippen LogP contribution in [-0.2, 0) is 10.0 Å². The van der Waals surface area contributed by atoms with Crippen molar-refractivity contribution >= 4 is 27.3 Å². The number of aryl methyl sites for hydroxylation is 1. The monoisotopic (exact) mass is 357 g/mol. The first kappa shape index (κ1) is 15.9. The van der Waals surface area contributed by atoms with Crippen molar-refractivity contribution in [2.75, 3.05) is 17.9 Å². The Bertz CT molecular complexity index is 870. The molecule has 2 aromatic rings. The van der Waals surface area contributed by atoms with Crippen molar-refractivity contribution < 1.29 is 22.3 Å². The van der Waals surface area contributed by atoms with E-state index < -0.39 is 15.8 Å². The number of nitrogens with one attached hydrogen (secondary N) is 1. The van der Waals surface area contributed by atoms with E-state index in [2.05, 4.69) is 4.72 Å². The fraction of sp³-hybridized carbons (Fsp3) is 0.200. The molecule has 0 spiro atoms. The van der Waals surface area contributed by atoms with Gasteiger partial charge in [-0.05, 0) is 30.7 Å². The van der Waals surface area contributed by atoms with E-state index >= 15 is 0 Å². The first-order valence-electron chi connectivity index (χ1n) is 6.75. The zero-order valence-electron chi connectivity index (χ0n) is 12.1. The minimum atomic E-state index is -3.91. The standard InChI is InChI=1S/C15H13ClFNO4S/c1-9-6-10(17)2-3-15(9)23(19,20)18-12-8-14-13(7-11(12)16)21-4-5-22-14/h2-3,6-8,18H,4-5H2,1H3. The predicted molar refractivity (Wildman–Crippen MR) is 84.4 cm³/mol. The summed E-state index contributed by atoms with van der Waals surface area (Å²) in [6.07, 6.45) is 0. The fourth-order valence-corrected chi connectivity index (χ4v) is 3.81. The van der Waals surface area contributed by atoms with Crippen LogP contribution in [0.3, 0.4) is 0 Å².